The molecule has 1 aromatic rings. The van der Waals surface area contributed by atoms with Gasteiger partial charge in [0.1, 0.15) is 6.04 Å². The average Bonchev–Trinajstić information content (AvgIpc) is 2.54. The van der Waals surface area contributed by atoms with Crippen LogP contribution in [0.3, 0.4) is 0 Å². The van der Waals surface area contributed by atoms with Gasteiger partial charge in [-0.3, -0.25) is 9.10 Å². The zero-order chi connectivity index (χ0) is 17.9. The van der Waals surface area contributed by atoms with Crippen LogP contribution in [0.1, 0.15) is 18.9 Å². The van der Waals surface area contributed by atoms with Gasteiger partial charge >= 0.3 is 0 Å². The van der Waals surface area contributed by atoms with Gasteiger partial charge in [-0.2, -0.15) is 0 Å². The smallest absolute Gasteiger partial charge is 0.246 e. The lowest BCUT2D eigenvalue weighted by Gasteiger charge is -2.36. The first kappa shape index (κ1) is 19.0. The molecule has 0 N–H and O–H groups in total. The predicted octanol–water partition coefficient (Wildman–Crippen LogP) is 2.05. The molecule has 1 saturated heterocycles. The number of carbonyl (C=O) groups excluding carboxylic acids is 1. The lowest BCUT2D eigenvalue weighted by atomic mass is 10.1. The fraction of sp³-hybridized carbons (Fsp3) is 0.562. The van der Waals surface area contributed by atoms with Crippen LogP contribution in [-0.2, 0) is 19.6 Å². The van der Waals surface area contributed by atoms with Gasteiger partial charge in [0.05, 0.1) is 25.2 Å². The van der Waals surface area contributed by atoms with Crippen LogP contribution in [0.15, 0.2) is 18.2 Å². The van der Waals surface area contributed by atoms with Gasteiger partial charge in [0.25, 0.3) is 0 Å². The van der Waals surface area contributed by atoms with Crippen LogP contribution in [0.5, 0.6) is 0 Å². The van der Waals surface area contributed by atoms with E-state index in [0.29, 0.717) is 43.4 Å². The molecule has 1 fully saturated rings. The molecule has 8 heteroatoms. The number of benzene rings is 1. The van der Waals surface area contributed by atoms with Gasteiger partial charge in [0.2, 0.25) is 15.9 Å². The normalized spacial score (nSPS) is 16.8. The van der Waals surface area contributed by atoms with Gasteiger partial charge in [0.15, 0.2) is 0 Å². The Balaban J connectivity index is 2.45. The third-order valence-corrected chi connectivity index (χ3v) is 5.44. The highest BCUT2D eigenvalue weighted by Gasteiger charge is 2.35. The monoisotopic (exact) mass is 374 g/mol. The zero-order valence-electron chi connectivity index (χ0n) is 14.2. The number of sulfonamides is 1. The molecule has 2 rings (SSSR count). The van der Waals surface area contributed by atoms with Crippen molar-refractivity contribution in [3.05, 3.63) is 28.8 Å². The molecule has 0 bridgehead atoms. The second-order valence-electron chi connectivity index (χ2n) is 5.85. The Hall–Kier alpha value is -1.31. The molecular weight excluding hydrogens is 352 g/mol. The molecule has 1 heterocycles. The Morgan fingerprint density at radius 3 is 2.54 bits per heavy atom. The maximum atomic E-state index is 12.9. The maximum absolute atomic E-state index is 12.9. The van der Waals surface area contributed by atoms with E-state index in [1.807, 2.05) is 0 Å². The summed E-state index contributed by atoms with van der Waals surface area (Å²) in [5, 5.41) is 0.429. The summed E-state index contributed by atoms with van der Waals surface area (Å²) >= 11 is 6.05. The zero-order valence-corrected chi connectivity index (χ0v) is 15.7. The highest BCUT2D eigenvalue weighted by molar-refractivity contribution is 7.92. The van der Waals surface area contributed by atoms with Crippen LogP contribution >= 0.6 is 11.6 Å². The van der Waals surface area contributed by atoms with Gasteiger partial charge in [-0.15, -0.1) is 0 Å². The van der Waals surface area contributed by atoms with Crippen molar-refractivity contribution in [3.63, 3.8) is 0 Å². The second-order valence-corrected chi connectivity index (χ2v) is 8.15. The topological polar surface area (TPSA) is 66.9 Å². The Morgan fingerprint density at radius 2 is 2.00 bits per heavy atom. The number of ether oxygens (including phenoxy) is 1. The number of anilines is 1. The first-order valence-corrected chi connectivity index (χ1v) is 10.1. The first-order chi connectivity index (χ1) is 11.3. The standard InChI is InChI=1S/C16H23ClN2O4S/c1-4-14(16(20)18-7-9-23-10-8-18)19(24(3,21)22)15-11-13(17)6-5-12(15)2/h5-6,11,14H,4,7-10H2,1-3H3. The van der Waals surface area contributed by atoms with Gasteiger partial charge in [0, 0.05) is 18.1 Å². The first-order valence-electron chi connectivity index (χ1n) is 7.87. The Bertz CT molecular complexity index is 702. The minimum atomic E-state index is -3.66. The lowest BCUT2D eigenvalue weighted by Crippen LogP contribution is -2.53. The van der Waals surface area contributed by atoms with Crippen molar-refractivity contribution in [2.75, 3.05) is 36.9 Å². The third-order valence-electron chi connectivity index (χ3n) is 4.04. The van der Waals surface area contributed by atoms with Crippen LogP contribution < -0.4 is 4.31 Å². The quantitative estimate of drug-likeness (QED) is 0.791. The molecule has 1 aliphatic rings. The molecule has 24 heavy (non-hydrogen) atoms. The number of nitrogens with zero attached hydrogens (tertiary/aromatic N) is 2. The Kier molecular flexibility index (Phi) is 6.11. The highest BCUT2D eigenvalue weighted by atomic mass is 35.5. The predicted molar refractivity (Wildman–Crippen MR) is 95.0 cm³/mol. The summed E-state index contributed by atoms with van der Waals surface area (Å²) in [6.07, 6.45) is 1.48. The molecule has 0 aliphatic carbocycles. The van der Waals surface area contributed by atoms with E-state index in [9.17, 15) is 13.2 Å². The van der Waals surface area contributed by atoms with Crippen molar-refractivity contribution < 1.29 is 17.9 Å². The summed E-state index contributed by atoms with van der Waals surface area (Å²) < 4.78 is 31.4. The van der Waals surface area contributed by atoms with Crippen molar-refractivity contribution in [1.29, 1.82) is 0 Å². The van der Waals surface area contributed by atoms with Crippen molar-refractivity contribution >= 4 is 33.2 Å². The van der Waals surface area contributed by atoms with E-state index in [0.717, 1.165) is 11.8 Å². The summed E-state index contributed by atoms with van der Waals surface area (Å²) in [5.41, 5.74) is 1.19. The molecule has 1 unspecified atom stereocenters. The van der Waals surface area contributed by atoms with Crippen LogP contribution in [0.4, 0.5) is 5.69 Å². The fourth-order valence-corrected chi connectivity index (χ4v) is 4.25. The summed E-state index contributed by atoms with van der Waals surface area (Å²) in [6.45, 7) is 5.49. The average molecular weight is 375 g/mol. The van der Waals surface area contributed by atoms with Gasteiger partial charge in [-0.1, -0.05) is 24.6 Å². The molecule has 0 saturated carbocycles. The summed E-state index contributed by atoms with van der Waals surface area (Å²) in [7, 11) is -3.66. The molecule has 1 aromatic carbocycles. The number of amides is 1. The number of carbonyl (C=O) groups is 1. The number of morpholine rings is 1. The summed E-state index contributed by atoms with van der Waals surface area (Å²) in [6, 6.07) is 4.25. The number of hydrogen-bond donors (Lipinski definition) is 0. The van der Waals surface area contributed by atoms with Gasteiger partial charge in [-0.25, -0.2) is 8.42 Å². The molecule has 0 aromatic heterocycles. The van der Waals surface area contributed by atoms with E-state index in [1.165, 1.54) is 4.31 Å². The molecule has 1 aliphatic heterocycles. The molecular formula is C16H23ClN2O4S. The van der Waals surface area contributed by atoms with E-state index in [2.05, 4.69) is 0 Å². The van der Waals surface area contributed by atoms with Crippen LogP contribution in [0.25, 0.3) is 0 Å². The van der Waals surface area contributed by atoms with E-state index >= 15 is 0 Å². The molecule has 0 radical (unpaired) electrons. The largest absolute Gasteiger partial charge is 0.378 e. The number of aryl methyl sites for hydroxylation is 1. The second kappa shape index (κ2) is 7.72. The van der Waals surface area contributed by atoms with Gasteiger partial charge in [-0.05, 0) is 31.0 Å². The number of halogens is 1. The molecule has 1 atom stereocenters. The lowest BCUT2D eigenvalue weighted by molar-refractivity contribution is -0.136. The summed E-state index contributed by atoms with van der Waals surface area (Å²) in [5.74, 6) is -0.203. The molecule has 1 amide bonds. The Morgan fingerprint density at radius 1 is 1.38 bits per heavy atom. The molecule has 0 spiro atoms. The van der Waals surface area contributed by atoms with Crippen LogP contribution in [0, 0.1) is 6.92 Å². The SMILES string of the molecule is CCC(C(=O)N1CCOCC1)N(c1cc(Cl)ccc1C)S(C)(=O)=O. The molecule has 6 nitrogen and oxygen atoms in total. The Labute approximate surface area is 148 Å². The van der Waals surface area contributed by atoms with Crippen LogP contribution in [-0.4, -0.2) is 57.8 Å². The number of hydrogen-bond acceptors (Lipinski definition) is 4. The number of rotatable bonds is 5. The highest BCUT2D eigenvalue weighted by Crippen LogP contribution is 2.29. The fourth-order valence-electron chi connectivity index (χ4n) is 2.83. The molecule has 134 valence electrons. The van der Waals surface area contributed by atoms with E-state index < -0.39 is 16.1 Å². The van der Waals surface area contributed by atoms with E-state index in [-0.39, 0.29) is 5.91 Å². The third kappa shape index (κ3) is 4.20. The minimum Gasteiger partial charge on any atom is -0.378 e. The summed E-state index contributed by atoms with van der Waals surface area (Å²) in [4.78, 5) is 14.6. The van der Waals surface area contributed by atoms with E-state index in [4.69, 9.17) is 16.3 Å². The van der Waals surface area contributed by atoms with Crippen molar-refractivity contribution in [2.24, 2.45) is 0 Å². The van der Waals surface area contributed by atoms with Crippen LogP contribution in [0.2, 0.25) is 5.02 Å². The minimum absolute atomic E-state index is 0.203. The van der Waals surface area contributed by atoms with Crippen molar-refractivity contribution in [3.8, 4) is 0 Å². The van der Waals surface area contributed by atoms with Crippen molar-refractivity contribution in [2.45, 2.75) is 26.3 Å². The van der Waals surface area contributed by atoms with Crippen molar-refractivity contribution in [1.82, 2.24) is 4.90 Å². The maximum Gasteiger partial charge on any atom is 0.246 e. The van der Waals surface area contributed by atoms with E-state index in [1.54, 1.807) is 36.9 Å². The van der Waals surface area contributed by atoms with Gasteiger partial charge < -0.3 is 9.64 Å².